The Balaban J connectivity index is 0.000000122. The van der Waals surface area contributed by atoms with Crippen LogP contribution >= 0.6 is 0 Å². The number of rotatable bonds is 24. The zero-order valence-corrected chi connectivity index (χ0v) is 66.4. The molecule has 110 heavy (non-hydrogen) atoms. The number of aromatic hydroxyl groups is 2. The average Bonchev–Trinajstić information content (AvgIpc) is 1.57. The van der Waals surface area contributed by atoms with Gasteiger partial charge in [0.2, 0.25) is 0 Å². The number of nitrogens with zero attached hydrogens (tertiary/aromatic N) is 6. The summed E-state index contributed by atoms with van der Waals surface area (Å²) in [5.74, 6) is 0.718. The Morgan fingerprint density at radius 2 is 0.791 bits per heavy atom. The zero-order valence-electron chi connectivity index (χ0n) is 66.4. The van der Waals surface area contributed by atoms with Crippen LogP contribution in [0.1, 0.15) is 204 Å². The molecule has 0 saturated heterocycles. The number of aromatic nitrogens is 4. The molecular formula is C96H110N8O6. The van der Waals surface area contributed by atoms with Gasteiger partial charge in [-0.25, -0.2) is 0 Å². The highest BCUT2D eigenvalue weighted by atomic mass is 16.3. The van der Waals surface area contributed by atoms with E-state index in [1.165, 1.54) is 146 Å². The van der Waals surface area contributed by atoms with Crippen LogP contribution in [0.5, 0.6) is 11.5 Å². The summed E-state index contributed by atoms with van der Waals surface area (Å²) < 4.78 is 9.51. The Labute approximate surface area is 647 Å². The number of ketones is 4. The number of hydrogen-bond donors (Lipinski definition) is 4. The predicted octanol–water partition coefficient (Wildman–Crippen LogP) is 20.2. The van der Waals surface area contributed by atoms with Crippen molar-refractivity contribution in [1.29, 1.82) is 0 Å². The highest BCUT2D eigenvalue weighted by Crippen LogP contribution is 2.48. The van der Waals surface area contributed by atoms with Crippen LogP contribution in [-0.2, 0) is 58.3 Å². The Kier molecular flexibility index (Phi) is 22.7. The van der Waals surface area contributed by atoms with Gasteiger partial charge in [-0.2, -0.15) is 0 Å². The summed E-state index contributed by atoms with van der Waals surface area (Å²) in [6.07, 6.45) is 14.9. The number of phenols is 2. The van der Waals surface area contributed by atoms with Crippen molar-refractivity contribution in [2.24, 2.45) is 0 Å². The number of phenolic OH excluding ortho intramolecular Hbond substituents is 2. The molecule has 0 saturated carbocycles. The van der Waals surface area contributed by atoms with Crippen molar-refractivity contribution >= 4 is 133 Å². The van der Waals surface area contributed by atoms with E-state index in [1.807, 2.05) is 33.2 Å². The van der Waals surface area contributed by atoms with Crippen molar-refractivity contribution in [2.45, 2.75) is 171 Å². The van der Waals surface area contributed by atoms with Crippen LogP contribution < -0.4 is 10.6 Å². The van der Waals surface area contributed by atoms with E-state index in [4.69, 9.17) is 0 Å². The fourth-order valence-corrected chi connectivity index (χ4v) is 18.5. The first-order chi connectivity index (χ1) is 53.2. The van der Waals surface area contributed by atoms with E-state index in [0.29, 0.717) is 35.5 Å². The molecule has 12 aromatic rings. The van der Waals surface area contributed by atoms with E-state index in [2.05, 4.69) is 166 Å². The van der Waals surface area contributed by atoms with E-state index < -0.39 is 0 Å². The van der Waals surface area contributed by atoms with Gasteiger partial charge in [-0.15, -0.1) is 0 Å². The summed E-state index contributed by atoms with van der Waals surface area (Å²) in [5.41, 5.74) is 28.5. The monoisotopic (exact) mass is 1470 g/mol. The Hall–Kier alpha value is -9.96. The second-order valence-corrected chi connectivity index (χ2v) is 31.5. The number of benzene rings is 8. The van der Waals surface area contributed by atoms with Gasteiger partial charge in [0.15, 0.2) is 23.1 Å². The standard InChI is InChI=1S/2C25H28N2O.C24H28N2O.C22H26N2O3/c1-4-26(5-2)14-15-27-21-11-8-17-16(3)6-7-19(17)24(21)25-20-10-13-23(28)18(20)9-12-22(25)27;1-3-13-26-14-4-15-27-21-10-7-17-16(2)5-6-19(17)24(21)25-20-9-12-23(28)18(20)8-11-22(25)27;1-4-12-25-13-5-14-26-22-10-7-18(17(3)27)15-21(22)24-20-8-6-16(2)19(20)9-11-23(24)26;1-13(2)15-9-17-18-10-16(14(3)25)22(27)12-20(18)24(8-6-7-23(4)5)19(17)11-21(15)26/h8-9,11-12H,3-7,10,13-15H2,1-2H3;7-8,10-11,26H,2-6,9,12-15H2,1H3;7,9-11,15,25H,2,4-6,8,12-14H2,1,3H3;9-12,26-27H,1,6-8H2,2-5H3. The normalized spacial score (nSPS) is 14.3. The number of fused-ring (bicyclic) bond motifs is 22. The molecular weight excluding hydrogens is 1360 g/mol. The topological polar surface area (TPSA) is 159 Å². The molecule has 0 bridgehead atoms. The SMILES string of the molecule is C=C(C)c1cc2c3cc(C(C)=O)c(O)cc3n(CCCN(C)C)c2cc1O.C=C1CCc2c1ccc1c2c2c3c(ccc2n1CCCNCCC)C(=O)CC3.C=C1CCc2c1ccc1c2c2c3c(ccc2n1CCN(CC)CC)C(=O)CC3.C=C1CCc2c1ccc1c2c2cc(C(C)=O)ccc2n1CCCNCCC. The van der Waals surface area contributed by atoms with Gasteiger partial charge in [-0.05, 0) is 304 Å². The van der Waals surface area contributed by atoms with Crippen molar-refractivity contribution in [3.05, 3.63) is 202 Å². The number of likely N-dealkylation sites (N-methyl/N-ethyl adjacent to an activating group) is 1. The molecule has 0 atom stereocenters. The Bertz CT molecular complexity index is 5520. The minimum atomic E-state index is -0.179. The molecule has 0 unspecified atom stereocenters. The molecule has 8 aromatic carbocycles. The predicted molar refractivity (Wildman–Crippen MR) is 460 cm³/mol. The molecule has 0 fully saturated rings. The van der Waals surface area contributed by atoms with Gasteiger partial charge in [0.1, 0.15) is 11.5 Å². The molecule has 14 heteroatoms. The summed E-state index contributed by atoms with van der Waals surface area (Å²) in [6, 6.07) is 35.4. The molecule has 5 aliphatic carbocycles. The van der Waals surface area contributed by atoms with Crippen LogP contribution in [0.4, 0.5) is 0 Å². The molecule has 4 heterocycles. The van der Waals surface area contributed by atoms with Crippen molar-refractivity contribution in [3.8, 4) is 11.5 Å². The molecule has 14 nitrogen and oxygen atoms in total. The zero-order chi connectivity index (χ0) is 77.5. The van der Waals surface area contributed by atoms with Crippen molar-refractivity contribution in [1.82, 2.24) is 38.7 Å². The Morgan fingerprint density at radius 1 is 0.409 bits per heavy atom. The second-order valence-electron chi connectivity index (χ2n) is 31.5. The molecule has 0 radical (unpaired) electrons. The van der Waals surface area contributed by atoms with Gasteiger partial charge in [-0.3, -0.25) is 19.2 Å². The van der Waals surface area contributed by atoms with Crippen LogP contribution in [-0.4, -0.2) is 128 Å². The summed E-state index contributed by atoms with van der Waals surface area (Å²) in [5, 5.41) is 37.6. The quantitative estimate of drug-likeness (QED) is 0.0339. The van der Waals surface area contributed by atoms with Gasteiger partial charge in [0.25, 0.3) is 0 Å². The van der Waals surface area contributed by atoms with Crippen LogP contribution in [0, 0.1) is 0 Å². The number of aryl methyl sites for hydroxylation is 8. The minimum Gasteiger partial charge on any atom is -0.507 e. The first kappa shape index (κ1) is 76.8. The van der Waals surface area contributed by atoms with Gasteiger partial charge >= 0.3 is 0 Å². The van der Waals surface area contributed by atoms with E-state index in [-0.39, 0.29) is 23.1 Å². The number of nitrogens with one attached hydrogen (secondary N) is 2. The third kappa shape index (κ3) is 14.3. The lowest BCUT2D eigenvalue weighted by atomic mass is 9.97. The number of allylic oxidation sites excluding steroid dienone is 4. The summed E-state index contributed by atoms with van der Waals surface area (Å²) in [4.78, 5) is 53.2. The lowest BCUT2D eigenvalue weighted by molar-refractivity contribution is 0.0986. The largest absolute Gasteiger partial charge is 0.507 e. The maximum absolute atomic E-state index is 12.4. The van der Waals surface area contributed by atoms with Gasteiger partial charge in [0.05, 0.1) is 16.6 Å². The number of carbonyl (C=O) groups excluding carboxylic acids is 4. The smallest absolute Gasteiger partial charge is 0.163 e. The van der Waals surface area contributed by atoms with Gasteiger partial charge < -0.3 is 48.9 Å². The van der Waals surface area contributed by atoms with E-state index >= 15 is 0 Å². The lowest BCUT2D eigenvalue weighted by Gasteiger charge is -2.19. The molecule has 4 aromatic heterocycles. The van der Waals surface area contributed by atoms with Gasteiger partial charge in [-0.1, -0.05) is 72.2 Å². The molecule has 0 spiro atoms. The highest BCUT2D eigenvalue weighted by Gasteiger charge is 2.32. The highest BCUT2D eigenvalue weighted by molar-refractivity contribution is 6.20. The molecule has 5 aliphatic rings. The van der Waals surface area contributed by atoms with Crippen molar-refractivity contribution < 1.29 is 29.4 Å². The summed E-state index contributed by atoms with van der Waals surface area (Å²) >= 11 is 0. The minimum absolute atomic E-state index is 0.0176. The van der Waals surface area contributed by atoms with Crippen molar-refractivity contribution in [2.75, 3.05) is 66.5 Å². The van der Waals surface area contributed by atoms with Crippen molar-refractivity contribution in [3.63, 3.8) is 0 Å². The maximum atomic E-state index is 12.4. The first-order valence-electron chi connectivity index (χ1n) is 40.5. The summed E-state index contributed by atoms with van der Waals surface area (Å²) in [6.45, 7) is 42.6. The Morgan fingerprint density at radius 3 is 1.23 bits per heavy atom. The van der Waals surface area contributed by atoms with E-state index in [1.54, 1.807) is 25.1 Å². The van der Waals surface area contributed by atoms with Crippen LogP contribution in [0.3, 0.4) is 0 Å². The second kappa shape index (κ2) is 32.5. The van der Waals surface area contributed by atoms with Crippen LogP contribution in [0.15, 0.2) is 129 Å². The molecule has 4 N–H and O–H groups in total. The molecule has 0 amide bonds. The molecule has 17 rings (SSSR count). The average molecular weight is 1470 g/mol. The van der Waals surface area contributed by atoms with Crippen LogP contribution in [0.25, 0.3) is 110 Å². The third-order valence-corrected chi connectivity index (χ3v) is 24.1. The lowest BCUT2D eigenvalue weighted by Crippen LogP contribution is -2.26. The molecule has 570 valence electrons. The van der Waals surface area contributed by atoms with Gasteiger partial charge in [0, 0.05) is 156 Å². The molecule has 0 aliphatic heterocycles. The third-order valence-electron chi connectivity index (χ3n) is 24.1. The number of carbonyl (C=O) groups is 4. The van der Waals surface area contributed by atoms with Crippen LogP contribution in [0.2, 0.25) is 0 Å². The number of hydrogen-bond acceptors (Lipinski definition) is 10. The van der Waals surface area contributed by atoms with E-state index in [9.17, 15) is 29.4 Å². The fourth-order valence-electron chi connectivity index (χ4n) is 18.5. The fraction of sp³-hybridized carbons (Fsp3) is 0.375. The maximum Gasteiger partial charge on any atom is 0.163 e. The number of Topliss-reactive ketones (excluding diaryl/α,β-unsaturated/α-hetero) is 4. The summed E-state index contributed by atoms with van der Waals surface area (Å²) in [7, 11) is 4.06. The van der Waals surface area contributed by atoms with E-state index in [0.717, 1.165) is 193 Å². The first-order valence-corrected chi connectivity index (χ1v) is 40.5.